The van der Waals surface area contributed by atoms with Gasteiger partial charge in [0.1, 0.15) is 11.5 Å². The quantitative estimate of drug-likeness (QED) is 0.0537. The number of imidazole rings is 1. The normalized spacial score (nSPS) is 13.9. The lowest BCUT2D eigenvalue weighted by Crippen LogP contribution is -2.37. The van der Waals surface area contributed by atoms with Crippen LogP contribution in [0.5, 0.6) is 0 Å². The smallest absolute Gasteiger partial charge is 0.338 e. The van der Waals surface area contributed by atoms with E-state index in [1.165, 1.54) is 14.2 Å². The van der Waals surface area contributed by atoms with Crippen LogP contribution >= 0.6 is 0 Å². The zero-order valence-electron chi connectivity index (χ0n) is 31.1. The monoisotopic (exact) mass is 813 g/mol. The van der Waals surface area contributed by atoms with E-state index in [2.05, 4.69) is 0 Å². The third kappa shape index (κ3) is 9.49. The molecule has 5 aromatic rings. The number of hydrogen-bond acceptors (Lipinski definition) is 10. The van der Waals surface area contributed by atoms with Crippen LogP contribution in [0, 0.1) is 0 Å². The summed E-state index contributed by atoms with van der Waals surface area (Å²) in [5, 5.41) is 0. The van der Waals surface area contributed by atoms with E-state index < -0.39 is 43.7 Å². The molecule has 1 aliphatic rings. The minimum absolute atomic E-state index is 0.0869. The Hall–Kier alpha value is -6.07. The molecule has 0 saturated carbocycles. The van der Waals surface area contributed by atoms with Crippen molar-refractivity contribution < 1.29 is 49.6 Å². The second kappa shape index (κ2) is 17.4. The first-order chi connectivity index (χ1) is 27.3. The lowest BCUT2D eigenvalue weighted by atomic mass is 10.1. The first-order valence-corrected chi connectivity index (χ1v) is 21.0. The van der Waals surface area contributed by atoms with Gasteiger partial charge in [0.15, 0.2) is 11.0 Å². The van der Waals surface area contributed by atoms with Crippen molar-refractivity contribution in [2.45, 2.75) is 19.4 Å². The van der Waals surface area contributed by atoms with Crippen LogP contribution < -0.4 is 14.4 Å². The number of anilines is 3. The number of para-hydroxylation sites is 2. The molecule has 4 aromatic carbocycles. The van der Waals surface area contributed by atoms with Gasteiger partial charge in [-0.05, 0) is 67.1 Å². The summed E-state index contributed by atoms with van der Waals surface area (Å²) in [7, 11) is -5.89. The molecule has 2 heterocycles. The summed E-state index contributed by atoms with van der Waals surface area (Å²) in [4.78, 5) is 29.0. The number of ether oxygens (including phenoxy) is 2. The highest BCUT2D eigenvalue weighted by molar-refractivity contribution is 7.86. The Labute approximate surface area is 330 Å². The number of methoxy groups -OCH3 is 2. The fourth-order valence-electron chi connectivity index (χ4n) is 6.74. The highest BCUT2D eigenvalue weighted by Gasteiger charge is 2.33. The number of aryl methyl sites for hydroxylation is 1. The maximum absolute atomic E-state index is 12.6. The molecule has 0 spiro atoms. The summed E-state index contributed by atoms with van der Waals surface area (Å²) in [5.74, 6) is -0.705. The van der Waals surface area contributed by atoms with Gasteiger partial charge < -0.3 is 14.4 Å². The summed E-state index contributed by atoms with van der Waals surface area (Å²) in [5.41, 5.74) is 4.97. The Kier molecular flexibility index (Phi) is 12.4. The maximum atomic E-state index is 12.6. The van der Waals surface area contributed by atoms with Crippen LogP contribution in [0.15, 0.2) is 127 Å². The molecule has 0 aliphatic carbocycles. The molecule has 1 aromatic heterocycles. The SMILES string of the molecule is COC(=O)c1ccc2c(c1)N(CCCS(=O)(=O)O)/C(=C/C=C/C=C/c1n(-c3ccccc3)c3ccc(C(=O)OC)cc3[n+]1CCCS(=O)(=O)O)N2c1ccccc1. The van der Waals surface area contributed by atoms with Crippen LogP contribution in [-0.2, 0) is 36.3 Å². The Morgan fingerprint density at radius 3 is 1.93 bits per heavy atom. The topological polar surface area (TPSA) is 177 Å². The number of nitrogens with zero attached hydrogens (tertiary/aromatic N) is 4. The standard InChI is InChI=1S/C41H40N4O10S2/c1-54-40(46)30-20-22-34-36(28-30)42(24-12-26-56(48,49)50)38(44(34)32-14-6-3-7-15-32)18-10-5-11-19-39-43(25-13-27-57(51,52)53)37-29-31(41(47)55-2)21-23-35(37)45(39)33-16-8-4-9-17-33/h3-11,14-23,28-29H,12-13,24-27H2,1-2H3,(H-,48,49,50,51,52,53)/p+1. The van der Waals surface area contributed by atoms with E-state index in [0.717, 1.165) is 22.6 Å². The summed E-state index contributed by atoms with van der Waals surface area (Å²) in [6, 6.07) is 29.3. The van der Waals surface area contributed by atoms with Gasteiger partial charge in [0.25, 0.3) is 26.1 Å². The van der Waals surface area contributed by atoms with E-state index in [-0.39, 0.29) is 25.9 Å². The largest absolute Gasteiger partial charge is 0.465 e. The van der Waals surface area contributed by atoms with Gasteiger partial charge in [0.2, 0.25) is 0 Å². The molecular weight excluding hydrogens is 773 g/mol. The van der Waals surface area contributed by atoms with Crippen LogP contribution in [0.25, 0.3) is 22.8 Å². The van der Waals surface area contributed by atoms with Crippen molar-refractivity contribution >= 4 is 66.3 Å². The van der Waals surface area contributed by atoms with Crippen molar-refractivity contribution in [2.24, 2.45) is 0 Å². The first kappa shape index (κ1) is 40.6. The molecule has 0 atom stereocenters. The number of rotatable bonds is 15. The van der Waals surface area contributed by atoms with Crippen LogP contribution in [-0.4, -0.2) is 74.7 Å². The van der Waals surface area contributed by atoms with Crippen molar-refractivity contribution in [1.82, 2.24) is 4.57 Å². The summed E-state index contributed by atoms with van der Waals surface area (Å²) in [6.45, 7) is 0.370. The Morgan fingerprint density at radius 2 is 1.30 bits per heavy atom. The molecule has 6 rings (SSSR count). The van der Waals surface area contributed by atoms with Crippen molar-refractivity contribution in [3.63, 3.8) is 0 Å². The van der Waals surface area contributed by atoms with Crippen LogP contribution in [0.3, 0.4) is 0 Å². The summed E-state index contributed by atoms with van der Waals surface area (Å²) >= 11 is 0. The summed E-state index contributed by atoms with van der Waals surface area (Å²) in [6.07, 6.45) is 9.27. The molecule has 0 radical (unpaired) electrons. The third-order valence-corrected chi connectivity index (χ3v) is 10.8. The lowest BCUT2D eigenvalue weighted by molar-refractivity contribution is -0.673. The highest BCUT2D eigenvalue weighted by atomic mass is 32.2. The van der Waals surface area contributed by atoms with E-state index in [1.807, 2.05) is 91.7 Å². The van der Waals surface area contributed by atoms with Crippen molar-refractivity contribution in [2.75, 3.05) is 42.1 Å². The Morgan fingerprint density at radius 1 is 0.702 bits per heavy atom. The van der Waals surface area contributed by atoms with Crippen LogP contribution in [0.4, 0.5) is 17.1 Å². The minimum Gasteiger partial charge on any atom is -0.465 e. The number of hydrogen-bond donors (Lipinski definition) is 2. The minimum atomic E-state index is -4.24. The van der Waals surface area contributed by atoms with Crippen LogP contribution in [0.1, 0.15) is 39.4 Å². The molecule has 0 saturated heterocycles. The predicted octanol–water partition coefficient (Wildman–Crippen LogP) is 6.12. The predicted molar refractivity (Wildman–Crippen MR) is 217 cm³/mol. The number of allylic oxidation sites excluding steroid dienone is 4. The van der Waals surface area contributed by atoms with Gasteiger partial charge in [-0.25, -0.2) is 14.2 Å². The molecule has 0 amide bonds. The molecule has 0 unspecified atom stereocenters. The van der Waals surface area contributed by atoms with E-state index >= 15 is 0 Å². The zero-order chi connectivity index (χ0) is 40.7. The number of carbonyl (C=O) groups excluding carboxylic acids is 2. The molecule has 16 heteroatoms. The second-order valence-electron chi connectivity index (χ2n) is 12.9. The first-order valence-electron chi connectivity index (χ1n) is 17.8. The Balaban J connectivity index is 1.45. The number of fused-ring (bicyclic) bond motifs is 2. The van der Waals surface area contributed by atoms with Crippen molar-refractivity contribution in [3.8, 4) is 5.69 Å². The molecule has 14 nitrogen and oxygen atoms in total. The van der Waals surface area contributed by atoms with Crippen molar-refractivity contribution in [3.05, 3.63) is 144 Å². The molecule has 0 bridgehead atoms. The molecule has 0 fully saturated rings. The van der Waals surface area contributed by atoms with E-state index in [0.29, 0.717) is 34.0 Å². The van der Waals surface area contributed by atoms with Gasteiger partial charge in [-0.2, -0.15) is 21.4 Å². The van der Waals surface area contributed by atoms with Gasteiger partial charge in [0.05, 0.1) is 54.8 Å². The van der Waals surface area contributed by atoms with E-state index in [1.54, 1.807) is 54.6 Å². The maximum Gasteiger partial charge on any atom is 0.338 e. The molecule has 1 aliphatic heterocycles. The third-order valence-electron chi connectivity index (χ3n) is 9.18. The second-order valence-corrected chi connectivity index (χ2v) is 16.1. The average molecular weight is 814 g/mol. The fourth-order valence-corrected chi connectivity index (χ4v) is 7.72. The van der Waals surface area contributed by atoms with Gasteiger partial charge in [-0.15, -0.1) is 0 Å². The summed E-state index contributed by atoms with van der Waals surface area (Å²) < 4.78 is 79.6. The van der Waals surface area contributed by atoms with Gasteiger partial charge in [-0.3, -0.25) is 14.0 Å². The number of carbonyl (C=O) groups is 2. The highest BCUT2D eigenvalue weighted by Crippen LogP contribution is 2.46. The molecule has 2 N–H and O–H groups in total. The van der Waals surface area contributed by atoms with E-state index in [4.69, 9.17) is 9.47 Å². The molecule has 296 valence electrons. The lowest BCUT2D eigenvalue weighted by Gasteiger charge is -2.25. The molecular formula is C41H41N4O10S2+. The Bertz CT molecular complexity index is 2600. The van der Waals surface area contributed by atoms with E-state index in [9.17, 15) is 35.5 Å². The van der Waals surface area contributed by atoms with Gasteiger partial charge in [-0.1, -0.05) is 54.6 Å². The number of benzene rings is 4. The average Bonchev–Trinajstić information content (AvgIpc) is 3.67. The zero-order valence-corrected chi connectivity index (χ0v) is 32.8. The van der Waals surface area contributed by atoms with Crippen LogP contribution in [0.2, 0.25) is 0 Å². The van der Waals surface area contributed by atoms with Gasteiger partial charge >= 0.3 is 11.9 Å². The van der Waals surface area contributed by atoms with Gasteiger partial charge in [0, 0.05) is 30.8 Å². The fraction of sp³-hybridized carbons (Fsp3) is 0.195. The molecule has 57 heavy (non-hydrogen) atoms. The van der Waals surface area contributed by atoms with Crippen molar-refractivity contribution in [1.29, 1.82) is 0 Å². The number of esters is 2. The number of aromatic nitrogens is 2.